The van der Waals surface area contributed by atoms with Gasteiger partial charge in [0.15, 0.2) is 0 Å². The van der Waals surface area contributed by atoms with Crippen molar-refractivity contribution in [3.05, 3.63) is 81.6 Å². The van der Waals surface area contributed by atoms with Crippen LogP contribution in [0.2, 0.25) is 0 Å². The highest BCUT2D eigenvalue weighted by molar-refractivity contribution is 7.18. The van der Waals surface area contributed by atoms with Crippen LogP contribution in [0.4, 0.5) is 11.4 Å². The molecule has 9 rings (SSSR count). The molecule has 3 aliphatic heterocycles. The highest BCUT2D eigenvalue weighted by atomic mass is 32.1. The Kier molecular flexibility index (Phi) is 11.0. The summed E-state index contributed by atoms with van der Waals surface area (Å²) in [5.41, 5.74) is 4.18. The van der Waals surface area contributed by atoms with Gasteiger partial charge in [-0.1, -0.05) is 12.1 Å². The zero-order chi connectivity index (χ0) is 41.8. The summed E-state index contributed by atoms with van der Waals surface area (Å²) in [7, 11) is 0. The van der Waals surface area contributed by atoms with Crippen molar-refractivity contribution in [2.75, 3.05) is 43.4 Å². The number of imide groups is 1. The van der Waals surface area contributed by atoms with E-state index in [-0.39, 0.29) is 29.7 Å². The van der Waals surface area contributed by atoms with Crippen LogP contribution in [-0.2, 0) is 10.4 Å². The van der Waals surface area contributed by atoms with Crippen molar-refractivity contribution in [3.63, 3.8) is 0 Å². The number of anilines is 2. The number of likely N-dealkylation sites (tertiary alicyclic amines) is 1. The van der Waals surface area contributed by atoms with E-state index in [1.807, 2.05) is 43.3 Å². The third-order valence-electron chi connectivity index (χ3n) is 14.1. The lowest BCUT2D eigenvalue weighted by atomic mass is 9.57. The molecule has 5 heterocycles. The second-order valence-electron chi connectivity index (χ2n) is 18.8. The number of hydrogen-bond acceptors (Lipinski definition) is 10. The number of aromatic nitrogens is 2. The Labute approximate surface area is 355 Å². The molecule has 2 saturated heterocycles. The Morgan fingerprint density at radius 1 is 0.950 bits per heavy atom. The van der Waals surface area contributed by atoms with Gasteiger partial charge in [0.1, 0.15) is 5.69 Å². The maximum atomic E-state index is 13.5. The van der Waals surface area contributed by atoms with Crippen molar-refractivity contribution in [2.45, 2.75) is 109 Å². The van der Waals surface area contributed by atoms with Gasteiger partial charge in [-0.25, -0.2) is 9.97 Å². The van der Waals surface area contributed by atoms with Gasteiger partial charge in [0.2, 0.25) is 5.91 Å². The summed E-state index contributed by atoms with van der Waals surface area (Å²) in [5, 5.41) is 21.5. The summed E-state index contributed by atoms with van der Waals surface area (Å²) in [5.74, 6) is 0.968. The third-order valence-corrected chi connectivity index (χ3v) is 15.2. The first-order chi connectivity index (χ1) is 28.8. The molecule has 12 nitrogen and oxygen atoms in total. The van der Waals surface area contributed by atoms with Gasteiger partial charge in [0.25, 0.3) is 17.7 Å². The zero-order valence-corrected chi connectivity index (χ0v) is 35.8. The van der Waals surface area contributed by atoms with Crippen LogP contribution < -0.4 is 16.0 Å². The van der Waals surface area contributed by atoms with Crippen molar-refractivity contribution < 1.29 is 24.3 Å². The number of hydrogen-bond donors (Lipinski definition) is 4. The average molecular weight is 832 g/mol. The standard InChI is InChI=1S/C47H57N7O5S/c1-28-6-4-9-36(50-28)42(56)51-37-23-39-38(22-34(37)46(2,3)59)52-43(60-39)31-12-10-29(11-13-31)27-53-20-17-47(18-21-53)24-30(25-47)16-19-48-35-8-5-7-33-41(35)45(58)54(44(33)57)32-14-15-40(55)49-26-32/h4-9,22-23,29-32,48,59H,10-21,24-27H2,1-3H3,(H,49,55)(H,51,56)/t29-,31-,32?. The molecule has 316 valence electrons. The Hall–Kier alpha value is -4.72. The number of carbonyl (C=O) groups is 4. The van der Waals surface area contributed by atoms with E-state index in [2.05, 4.69) is 25.8 Å². The number of pyridine rings is 1. The minimum atomic E-state index is -1.16. The quantitative estimate of drug-likeness (QED) is 0.112. The number of nitrogens with one attached hydrogen (secondary N) is 3. The Morgan fingerprint density at radius 3 is 2.43 bits per heavy atom. The molecule has 4 amide bonds. The second-order valence-corrected chi connectivity index (χ2v) is 19.9. The van der Waals surface area contributed by atoms with Crippen LogP contribution in [0.3, 0.4) is 0 Å². The van der Waals surface area contributed by atoms with E-state index in [9.17, 15) is 24.3 Å². The van der Waals surface area contributed by atoms with Crippen LogP contribution in [0.5, 0.6) is 0 Å². The fourth-order valence-electron chi connectivity index (χ4n) is 10.7. The molecule has 4 aromatic rings. The molecule has 5 aliphatic rings. The minimum absolute atomic E-state index is 0.0341. The molecule has 0 bridgehead atoms. The monoisotopic (exact) mass is 831 g/mol. The van der Waals surface area contributed by atoms with Crippen molar-refractivity contribution in [1.82, 2.24) is 25.1 Å². The van der Waals surface area contributed by atoms with Crippen molar-refractivity contribution >= 4 is 56.6 Å². The van der Waals surface area contributed by atoms with Crippen LogP contribution >= 0.6 is 11.3 Å². The van der Waals surface area contributed by atoms with Crippen LogP contribution in [0.25, 0.3) is 10.2 Å². The van der Waals surface area contributed by atoms with Gasteiger partial charge < -0.3 is 26.0 Å². The zero-order valence-electron chi connectivity index (χ0n) is 35.0. The van der Waals surface area contributed by atoms with Gasteiger partial charge in [-0.2, -0.15) is 0 Å². The molecule has 4 N–H and O–H groups in total. The number of nitrogens with zero attached hydrogens (tertiary/aromatic N) is 4. The molecular weight excluding hydrogens is 775 g/mol. The van der Waals surface area contributed by atoms with E-state index in [1.54, 1.807) is 37.3 Å². The predicted octanol–water partition coefficient (Wildman–Crippen LogP) is 7.62. The fraction of sp³-hybridized carbons (Fsp3) is 0.532. The number of fused-ring (bicyclic) bond motifs is 2. The Balaban J connectivity index is 0.724. The Bertz CT molecular complexity index is 2300. The summed E-state index contributed by atoms with van der Waals surface area (Å²) in [6.07, 6.45) is 11.7. The van der Waals surface area contributed by atoms with Gasteiger partial charge in [0.05, 0.1) is 38.0 Å². The largest absolute Gasteiger partial charge is 0.386 e. The number of rotatable bonds is 11. The number of benzene rings is 2. The molecule has 1 atom stereocenters. The molecular formula is C47H57N7O5S. The van der Waals surface area contributed by atoms with E-state index >= 15 is 0 Å². The van der Waals surface area contributed by atoms with Gasteiger partial charge in [-0.3, -0.25) is 24.1 Å². The Morgan fingerprint density at radius 2 is 1.72 bits per heavy atom. The highest BCUT2D eigenvalue weighted by Crippen LogP contribution is 2.54. The van der Waals surface area contributed by atoms with Gasteiger partial charge >= 0.3 is 0 Å². The van der Waals surface area contributed by atoms with E-state index in [1.165, 1.54) is 63.1 Å². The number of amides is 4. The first-order valence-electron chi connectivity index (χ1n) is 22.0. The average Bonchev–Trinajstić information content (AvgIpc) is 3.75. The van der Waals surface area contributed by atoms with Crippen molar-refractivity contribution in [1.29, 1.82) is 0 Å². The lowest BCUT2D eigenvalue weighted by Crippen LogP contribution is -2.50. The fourth-order valence-corrected chi connectivity index (χ4v) is 11.9. The maximum Gasteiger partial charge on any atom is 0.274 e. The number of carbonyl (C=O) groups excluding carboxylic acids is 4. The number of thiazole rings is 1. The number of piperidine rings is 2. The van der Waals surface area contributed by atoms with Gasteiger partial charge in [-0.15, -0.1) is 11.3 Å². The molecule has 2 aromatic carbocycles. The summed E-state index contributed by atoms with van der Waals surface area (Å²) in [6.45, 7) is 9.96. The topological polar surface area (TPSA) is 157 Å². The molecule has 0 radical (unpaired) electrons. The molecule has 4 fully saturated rings. The SMILES string of the molecule is Cc1cccc(C(=O)Nc2cc3sc([C@H]4CC[C@H](CN5CCC6(CC5)CC(CCNc5cccc7c5C(=O)N(C5CCC(=O)NC5)C7=O)C6)CC4)nc3cc2C(C)(C)O)n1. The third kappa shape index (κ3) is 8.20. The summed E-state index contributed by atoms with van der Waals surface area (Å²) in [4.78, 5) is 65.0. The number of aliphatic hydroxyl groups is 1. The van der Waals surface area contributed by atoms with Crippen LogP contribution in [-0.4, -0.2) is 87.3 Å². The van der Waals surface area contributed by atoms with E-state index in [0.717, 1.165) is 52.4 Å². The highest BCUT2D eigenvalue weighted by Gasteiger charge is 2.46. The first-order valence-corrected chi connectivity index (χ1v) is 22.8. The summed E-state index contributed by atoms with van der Waals surface area (Å²) < 4.78 is 1.01. The van der Waals surface area contributed by atoms with E-state index in [0.29, 0.717) is 70.6 Å². The molecule has 13 heteroatoms. The summed E-state index contributed by atoms with van der Waals surface area (Å²) >= 11 is 1.71. The lowest BCUT2D eigenvalue weighted by Gasteiger charge is -2.53. The minimum Gasteiger partial charge on any atom is -0.386 e. The first kappa shape index (κ1) is 40.7. The normalized spacial score (nSPS) is 23.4. The van der Waals surface area contributed by atoms with E-state index in [4.69, 9.17) is 4.98 Å². The molecule has 2 saturated carbocycles. The van der Waals surface area contributed by atoms with Crippen LogP contribution in [0, 0.1) is 24.2 Å². The van der Waals surface area contributed by atoms with Crippen LogP contribution in [0.1, 0.15) is 138 Å². The molecule has 1 unspecified atom stereocenters. The van der Waals surface area contributed by atoms with Gasteiger partial charge in [-0.05, 0) is 152 Å². The second kappa shape index (κ2) is 16.3. The molecule has 2 aromatic heterocycles. The van der Waals surface area contributed by atoms with Crippen molar-refractivity contribution in [2.24, 2.45) is 17.3 Å². The van der Waals surface area contributed by atoms with Crippen LogP contribution in [0.15, 0.2) is 48.5 Å². The molecule has 60 heavy (non-hydrogen) atoms. The van der Waals surface area contributed by atoms with E-state index < -0.39 is 5.60 Å². The maximum absolute atomic E-state index is 13.5. The van der Waals surface area contributed by atoms with Crippen molar-refractivity contribution in [3.8, 4) is 0 Å². The summed E-state index contributed by atoms with van der Waals surface area (Å²) in [6, 6.07) is 14.5. The predicted molar refractivity (Wildman–Crippen MR) is 233 cm³/mol. The smallest absolute Gasteiger partial charge is 0.274 e. The lowest BCUT2D eigenvalue weighted by molar-refractivity contribution is -0.123. The molecule has 1 spiro atoms. The number of aryl methyl sites for hydroxylation is 1. The van der Waals surface area contributed by atoms with Gasteiger partial charge in [0, 0.05) is 54.6 Å². The molecule has 2 aliphatic carbocycles.